The van der Waals surface area contributed by atoms with Crippen molar-refractivity contribution in [3.05, 3.63) is 53.7 Å². The molecule has 0 unspecified atom stereocenters. The Morgan fingerprint density at radius 1 is 1.14 bits per heavy atom. The highest BCUT2D eigenvalue weighted by atomic mass is 32.1. The number of hydrogen-bond donors (Lipinski definition) is 3. The van der Waals surface area contributed by atoms with Crippen LogP contribution in [0.2, 0.25) is 0 Å². The van der Waals surface area contributed by atoms with Gasteiger partial charge in [0, 0.05) is 23.0 Å². The number of nitrogens with zero attached hydrogens (tertiary/aromatic N) is 3. The molecule has 3 aromatic heterocycles. The number of nitrogens with one attached hydrogen (secondary N) is 3. The van der Waals surface area contributed by atoms with Crippen molar-refractivity contribution >= 4 is 39.2 Å². The van der Waals surface area contributed by atoms with Gasteiger partial charge in [0.05, 0.1) is 11.0 Å². The maximum Gasteiger partial charge on any atom is 0.325 e. The van der Waals surface area contributed by atoms with Gasteiger partial charge in [-0.05, 0) is 49.1 Å². The topological polar surface area (TPSA) is 95.6 Å². The summed E-state index contributed by atoms with van der Waals surface area (Å²) in [6.07, 6.45) is 7.33. The normalized spacial score (nSPS) is 14.0. The molecule has 8 heteroatoms. The molecule has 2 amide bonds. The smallest absolute Gasteiger partial charge is 0.325 e. The molecule has 3 heterocycles. The molecule has 28 heavy (non-hydrogen) atoms. The predicted octanol–water partition coefficient (Wildman–Crippen LogP) is 4.99. The molecular weight excluding hydrogens is 372 g/mol. The second kappa shape index (κ2) is 7.05. The molecule has 0 spiro atoms. The van der Waals surface area contributed by atoms with Crippen molar-refractivity contribution in [2.45, 2.75) is 25.2 Å². The van der Waals surface area contributed by atoms with Gasteiger partial charge in [-0.3, -0.25) is 10.3 Å². The number of carbonyl (C=O) groups is 1. The van der Waals surface area contributed by atoms with Crippen molar-refractivity contribution < 1.29 is 4.79 Å². The van der Waals surface area contributed by atoms with E-state index in [2.05, 4.69) is 30.6 Å². The van der Waals surface area contributed by atoms with Crippen LogP contribution in [0.25, 0.3) is 22.6 Å². The molecule has 0 aliphatic heterocycles. The second-order valence-corrected chi connectivity index (χ2v) is 7.87. The van der Waals surface area contributed by atoms with E-state index in [1.807, 2.05) is 42.6 Å². The average Bonchev–Trinajstić information content (AvgIpc) is 3.27. The van der Waals surface area contributed by atoms with Crippen molar-refractivity contribution in [1.82, 2.24) is 19.9 Å². The van der Waals surface area contributed by atoms with Crippen LogP contribution >= 0.6 is 11.3 Å². The van der Waals surface area contributed by atoms with Crippen LogP contribution in [0.15, 0.2) is 48.8 Å². The number of pyridine rings is 1. The van der Waals surface area contributed by atoms with Gasteiger partial charge in [0.15, 0.2) is 11.0 Å². The van der Waals surface area contributed by atoms with E-state index in [0.29, 0.717) is 22.6 Å². The van der Waals surface area contributed by atoms with Crippen molar-refractivity contribution in [3.63, 3.8) is 0 Å². The molecule has 0 radical (unpaired) electrons. The molecule has 5 rings (SSSR count). The highest BCUT2D eigenvalue weighted by Gasteiger charge is 2.22. The average molecular weight is 390 g/mol. The first kappa shape index (κ1) is 16.9. The number of urea groups is 1. The Morgan fingerprint density at radius 2 is 2.07 bits per heavy atom. The fourth-order valence-electron chi connectivity index (χ4n) is 3.19. The molecule has 7 nitrogen and oxygen atoms in total. The van der Waals surface area contributed by atoms with Crippen molar-refractivity contribution in [2.24, 2.45) is 0 Å². The second-order valence-electron chi connectivity index (χ2n) is 6.81. The summed E-state index contributed by atoms with van der Waals surface area (Å²) >= 11 is 1.55. The molecule has 0 bridgehead atoms. The molecular formula is C20H18N6OS. The van der Waals surface area contributed by atoms with Crippen LogP contribution in [0.3, 0.4) is 0 Å². The predicted molar refractivity (Wildman–Crippen MR) is 111 cm³/mol. The number of H-pyrrole nitrogens is 1. The standard InChI is InChI=1S/C20H18N6OS/c27-19(26-20-22-11-17(28-20)12-4-3-5-12)23-13-7-8-14-16(10-13)25-18(24-14)15-6-1-2-9-21-15/h1-2,6-12H,3-5H2,(H,24,25)(H2,22,23,26,27). The Balaban J connectivity index is 1.29. The van der Waals surface area contributed by atoms with Gasteiger partial charge >= 0.3 is 6.03 Å². The van der Waals surface area contributed by atoms with E-state index >= 15 is 0 Å². The fourth-order valence-corrected chi connectivity index (χ4v) is 4.17. The van der Waals surface area contributed by atoms with Gasteiger partial charge in [-0.2, -0.15) is 0 Å². The van der Waals surface area contributed by atoms with Crippen LogP contribution in [0.1, 0.15) is 30.1 Å². The monoisotopic (exact) mass is 390 g/mol. The first-order chi connectivity index (χ1) is 13.7. The Labute approximate surface area is 165 Å². The van der Waals surface area contributed by atoms with Gasteiger partial charge < -0.3 is 10.3 Å². The third-order valence-electron chi connectivity index (χ3n) is 4.90. The molecule has 1 aliphatic carbocycles. The SMILES string of the molecule is O=C(Nc1ccc2[nH]c(-c3ccccn3)nc2c1)Nc1ncc(C2CCC2)s1. The van der Waals surface area contributed by atoms with Gasteiger partial charge in [0.1, 0.15) is 5.69 Å². The van der Waals surface area contributed by atoms with Crippen molar-refractivity contribution in [2.75, 3.05) is 10.6 Å². The molecule has 1 fully saturated rings. The summed E-state index contributed by atoms with van der Waals surface area (Å²) in [6, 6.07) is 10.9. The van der Waals surface area contributed by atoms with Crippen LogP contribution in [0.4, 0.5) is 15.6 Å². The first-order valence-corrected chi connectivity index (χ1v) is 10.0. The van der Waals surface area contributed by atoms with E-state index in [1.165, 1.54) is 24.1 Å². The zero-order valence-electron chi connectivity index (χ0n) is 15.0. The summed E-state index contributed by atoms with van der Waals surface area (Å²) in [5.74, 6) is 1.31. The summed E-state index contributed by atoms with van der Waals surface area (Å²) in [6.45, 7) is 0. The molecule has 1 aliphatic rings. The fraction of sp³-hybridized carbons (Fsp3) is 0.200. The lowest BCUT2D eigenvalue weighted by molar-refractivity contribution is 0.262. The summed E-state index contributed by atoms with van der Waals surface area (Å²) < 4.78 is 0. The molecule has 4 aromatic rings. The number of rotatable bonds is 4. The maximum absolute atomic E-state index is 12.3. The minimum Gasteiger partial charge on any atom is -0.337 e. The number of hydrogen-bond acceptors (Lipinski definition) is 5. The minimum absolute atomic E-state index is 0.311. The Bertz CT molecular complexity index is 1130. The summed E-state index contributed by atoms with van der Waals surface area (Å²) in [5.41, 5.74) is 3.09. The van der Waals surface area contributed by atoms with Crippen molar-refractivity contribution in [1.29, 1.82) is 0 Å². The number of aromatic amines is 1. The van der Waals surface area contributed by atoms with Gasteiger partial charge in [-0.1, -0.05) is 12.5 Å². The van der Waals surface area contributed by atoms with E-state index in [-0.39, 0.29) is 6.03 Å². The Hall–Kier alpha value is -3.26. The van der Waals surface area contributed by atoms with E-state index in [4.69, 9.17) is 0 Å². The first-order valence-electron chi connectivity index (χ1n) is 9.19. The number of fused-ring (bicyclic) bond motifs is 1. The lowest BCUT2D eigenvalue weighted by Gasteiger charge is -2.23. The zero-order valence-corrected chi connectivity index (χ0v) is 15.8. The van der Waals surface area contributed by atoms with Crippen LogP contribution < -0.4 is 10.6 Å². The highest BCUT2D eigenvalue weighted by Crippen LogP contribution is 2.39. The van der Waals surface area contributed by atoms with Gasteiger partial charge in [-0.25, -0.2) is 14.8 Å². The van der Waals surface area contributed by atoms with E-state index in [0.717, 1.165) is 16.7 Å². The van der Waals surface area contributed by atoms with Crippen molar-refractivity contribution in [3.8, 4) is 11.5 Å². The Morgan fingerprint density at radius 3 is 2.86 bits per heavy atom. The lowest BCUT2D eigenvalue weighted by atomic mass is 9.85. The van der Waals surface area contributed by atoms with Crippen LogP contribution in [0, 0.1) is 0 Å². The number of imidazole rings is 1. The lowest BCUT2D eigenvalue weighted by Crippen LogP contribution is -2.19. The molecule has 140 valence electrons. The highest BCUT2D eigenvalue weighted by molar-refractivity contribution is 7.15. The Kier molecular flexibility index (Phi) is 4.25. The third-order valence-corrected chi connectivity index (χ3v) is 5.98. The summed E-state index contributed by atoms with van der Waals surface area (Å²) in [5, 5.41) is 6.28. The van der Waals surface area contributed by atoms with Crippen LogP contribution in [0.5, 0.6) is 0 Å². The maximum atomic E-state index is 12.3. The molecule has 1 saturated carbocycles. The zero-order chi connectivity index (χ0) is 18.9. The van der Waals surface area contributed by atoms with Crippen LogP contribution in [-0.2, 0) is 0 Å². The van der Waals surface area contributed by atoms with E-state index < -0.39 is 0 Å². The summed E-state index contributed by atoms with van der Waals surface area (Å²) in [7, 11) is 0. The van der Waals surface area contributed by atoms with Gasteiger partial charge in [0.25, 0.3) is 0 Å². The number of carbonyl (C=O) groups excluding carboxylic acids is 1. The molecule has 0 atom stereocenters. The molecule has 1 aromatic carbocycles. The van der Waals surface area contributed by atoms with E-state index in [1.54, 1.807) is 17.5 Å². The van der Waals surface area contributed by atoms with Crippen LogP contribution in [-0.4, -0.2) is 26.0 Å². The van der Waals surface area contributed by atoms with E-state index in [9.17, 15) is 4.79 Å². The number of thiazole rings is 1. The largest absolute Gasteiger partial charge is 0.337 e. The quantitative estimate of drug-likeness (QED) is 0.457. The third kappa shape index (κ3) is 3.34. The molecule has 3 N–H and O–H groups in total. The number of anilines is 2. The van der Waals surface area contributed by atoms with Gasteiger partial charge in [0.2, 0.25) is 0 Å². The number of aromatic nitrogens is 4. The number of amides is 2. The minimum atomic E-state index is -0.311. The van der Waals surface area contributed by atoms with Gasteiger partial charge in [-0.15, -0.1) is 11.3 Å². The number of benzene rings is 1. The summed E-state index contributed by atoms with van der Waals surface area (Å²) in [4.78, 5) is 30.0. The molecule has 0 saturated heterocycles.